The Hall–Kier alpha value is -0.281. The Morgan fingerprint density at radius 1 is 0.674 bits per heavy atom. The predicted octanol–water partition coefficient (Wildman–Crippen LogP) is -2.91. The van der Waals surface area contributed by atoms with Crippen molar-refractivity contribution in [2.45, 2.75) is 99.9 Å². The summed E-state index contributed by atoms with van der Waals surface area (Å²) in [6.45, 7) is 10.4. The van der Waals surface area contributed by atoms with Gasteiger partial charge in [0.05, 0.1) is 21.9 Å². The fraction of sp³-hybridized carbons (Fsp3) is 0.500. The molecule has 0 spiro atoms. The van der Waals surface area contributed by atoms with Crippen LogP contribution in [0.2, 0.25) is 0 Å². The van der Waals surface area contributed by atoms with Crippen LogP contribution in [0, 0.1) is 0 Å². The molecular formula is C28H34CuN2Na2O8S2. The van der Waals surface area contributed by atoms with E-state index in [9.17, 15) is 36.2 Å². The Kier molecular flexibility index (Phi) is 15.9. The molecule has 0 unspecified atom stereocenters. The molecule has 2 aromatic carbocycles. The number of rotatable bonds is 6. The van der Waals surface area contributed by atoms with E-state index < -0.39 is 64.4 Å². The maximum absolute atomic E-state index is 13.1. The van der Waals surface area contributed by atoms with Crippen molar-refractivity contribution in [1.82, 2.24) is 0 Å². The third-order valence-electron chi connectivity index (χ3n) is 6.88. The molecule has 2 atom stereocenters. The molecule has 1 radical (unpaired) electrons. The first-order valence-corrected chi connectivity index (χ1v) is 15.7. The molecule has 229 valence electrons. The normalized spacial score (nSPS) is 18.1. The number of aliphatic imine (C=N–C) groups is 2. The van der Waals surface area contributed by atoms with Gasteiger partial charge in [-0.1, -0.05) is 65.9 Å². The second kappa shape index (κ2) is 16.0. The van der Waals surface area contributed by atoms with Gasteiger partial charge in [0.2, 0.25) is 0 Å². The number of hydrogen-bond donors (Lipinski definition) is 0. The van der Waals surface area contributed by atoms with Crippen molar-refractivity contribution in [3.8, 4) is 11.5 Å². The summed E-state index contributed by atoms with van der Waals surface area (Å²) in [5.74, 6) is -0.860. The van der Waals surface area contributed by atoms with Gasteiger partial charge in [-0.15, -0.1) is 0 Å². The molecule has 0 aliphatic heterocycles. The van der Waals surface area contributed by atoms with Crippen LogP contribution in [0.15, 0.2) is 44.0 Å². The van der Waals surface area contributed by atoms with E-state index in [1.54, 1.807) is 41.5 Å². The summed E-state index contributed by atoms with van der Waals surface area (Å²) in [4.78, 5) is 8.04. The molecule has 0 bridgehead atoms. The average Bonchev–Trinajstić information content (AvgIpc) is 2.80. The molecule has 2 aromatic rings. The van der Waals surface area contributed by atoms with Crippen LogP contribution in [0.25, 0.3) is 0 Å². The van der Waals surface area contributed by atoms with Crippen LogP contribution >= 0.6 is 0 Å². The Morgan fingerprint density at radius 2 is 0.977 bits per heavy atom. The van der Waals surface area contributed by atoms with Gasteiger partial charge in [0.25, 0.3) is 0 Å². The molecule has 0 saturated heterocycles. The maximum Gasteiger partial charge on any atom is 2.00 e. The number of hydrogen-bond acceptors (Lipinski definition) is 10. The van der Waals surface area contributed by atoms with Crippen LogP contribution in [0.1, 0.15) is 89.5 Å². The van der Waals surface area contributed by atoms with Gasteiger partial charge in [-0.2, -0.15) is 0 Å². The summed E-state index contributed by atoms with van der Waals surface area (Å²) in [6, 6.07) is 3.43. The van der Waals surface area contributed by atoms with Crippen LogP contribution in [0.4, 0.5) is 0 Å². The third-order valence-corrected chi connectivity index (χ3v) is 8.51. The Balaban J connectivity index is 0.00000588. The van der Waals surface area contributed by atoms with E-state index >= 15 is 0 Å². The molecule has 3 rings (SSSR count). The van der Waals surface area contributed by atoms with Crippen molar-refractivity contribution in [3.63, 3.8) is 0 Å². The first-order chi connectivity index (χ1) is 18.2. The molecular weight excluding hydrogens is 666 g/mol. The van der Waals surface area contributed by atoms with E-state index in [4.69, 9.17) is 0 Å². The molecule has 1 aliphatic rings. The van der Waals surface area contributed by atoms with Crippen LogP contribution in [-0.2, 0) is 48.1 Å². The van der Waals surface area contributed by atoms with E-state index in [0.29, 0.717) is 12.8 Å². The van der Waals surface area contributed by atoms with Gasteiger partial charge in [-0.25, -0.2) is 16.8 Å². The van der Waals surface area contributed by atoms with Crippen molar-refractivity contribution < 1.29 is 112 Å². The van der Waals surface area contributed by atoms with Crippen LogP contribution in [0.3, 0.4) is 0 Å². The van der Waals surface area contributed by atoms with Crippen molar-refractivity contribution in [2.75, 3.05) is 0 Å². The molecule has 1 aliphatic carbocycles. The van der Waals surface area contributed by atoms with E-state index in [1.807, 2.05) is 0 Å². The van der Waals surface area contributed by atoms with Gasteiger partial charge >= 0.3 is 76.2 Å². The Morgan fingerprint density at radius 3 is 1.23 bits per heavy atom. The van der Waals surface area contributed by atoms with Gasteiger partial charge in [0.1, 0.15) is 20.2 Å². The van der Waals surface area contributed by atoms with Crippen molar-refractivity contribution in [2.24, 2.45) is 9.98 Å². The summed E-state index contributed by atoms with van der Waals surface area (Å²) in [5.41, 5.74) is -1.14. The standard InChI is InChI=1S/C28H38N2O8S2.Cu.2Na/c1-27(2,3)21-13-19(39(33,34)35)11-17(25(21)31)15-29-23-9-7-8-10-24(23)30-16-18-12-20(40(36,37)38)14-22(26(18)32)28(4,5)6;;;/h11-16,23-24,31-32H,7-10H2,1-6H3,(H,33,34,35)(H,36,37,38);;;/q;+2;2*+1/p-4/t23-,24-;;;/m1.../s1. The largest absolute Gasteiger partial charge is 2.00 e. The third kappa shape index (κ3) is 11.2. The van der Waals surface area contributed by atoms with E-state index in [2.05, 4.69) is 9.98 Å². The molecule has 0 aromatic heterocycles. The zero-order valence-corrected chi connectivity index (χ0v) is 32.3. The topological polar surface area (TPSA) is 185 Å². The minimum atomic E-state index is -4.82. The molecule has 1 saturated carbocycles. The molecule has 0 heterocycles. The van der Waals surface area contributed by atoms with Gasteiger partial charge < -0.3 is 19.3 Å². The van der Waals surface area contributed by atoms with Gasteiger partial charge in [-0.05, 0) is 70.2 Å². The fourth-order valence-corrected chi connectivity index (χ4v) is 5.70. The summed E-state index contributed by atoms with van der Waals surface area (Å²) in [7, 11) is -9.64. The maximum atomic E-state index is 13.1. The second-order valence-electron chi connectivity index (χ2n) is 12.2. The van der Waals surface area contributed by atoms with Gasteiger partial charge in [0, 0.05) is 12.4 Å². The number of nitrogens with zero attached hydrogens (tertiary/aromatic N) is 2. The first-order valence-electron chi connectivity index (χ1n) is 12.9. The van der Waals surface area contributed by atoms with E-state index in [-0.39, 0.29) is 98.4 Å². The van der Waals surface area contributed by atoms with Crippen LogP contribution in [0.5, 0.6) is 11.5 Å². The SMILES string of the molecule is CC(C)(C)c1cc(S(=O)(=O)[O-])cc(C=N[C@@H]2CCCC[C@H]2N=Cc2cc(S(=O)(=O)[O-])cc(C(C)(C)C)c2[O-])c1[O-].[Cu+2].[Na+].[Na+]. The molecule has 0 amide bonds. The van der Waals surface area contributed by atoms with Gasteiger partial charge in [0.15, 0.2) is 0 Å². The summed E-state index contributed by atoms with van der Waals surface area (Å²) < 4.78 is 70.5. The Bertz CT molecular complexity index is 1450. The summed E-state index contributed by atoms with van der Waals surface area (Å²) in [5, 5.41) is 26.2. The van der Waals surface area contributed by atoms with Gasteiger partial charge in [-0.3, -0.25) is 9.98 Å². The summed E-state index contributed by atoms with van der Waals surface area (Å²) in [6.07, 6.45) is 5.39. The number of benzene rings is 2. The molecule has 1 fully saturated rings. The second-order valence-corrected chi connectivity index (χ2v) is 14.9. The first kappa shape index (κ1) is 42.7. The van der Waals surface area contributed by atoms with E-state index in [1.165, 1.54) is 12.4 Å². The fourth-order valence-electron chi connectivity index (χ4n) is 4.63. The minimum Gasteiger partial charge on any atom is -0.872 e. The minimum absolute atomic E-state index is 0. The van der Waals surface area contributed by atoms with Crippen LogP contribution in [-0.4, -0.2) is 50.5 Å². The van der Waals surface area contributed by atoms with Crippen molar-refractivity contribution in [1.29, 1.82) is 0 Å². The van der Waals surface area contributed by atoms with Crippen molar-refractivity contribution in [3.05, 3.63) is 46.5 Å². The molecule has 43 heavy (non-hydrogen) atoms. The zero-order chi connectivity index (χ0) is 30.3. The van der Waals surface area contributed by atoms with Crippen molar-refractivity contribution >= 4 is 32.7 Å². The quantitative estimate of drug-likeness (QED) is 0.175. The summed E-state index contributed by atoms with van der Waals surface area (Å²) >= 11 is 0. The smallest absolute Gasteiger partial charge is 0.872 e. The average molecular weight is 700 g/mol. The monoisotopic (exact) mass is 699 g/mol. The zero-order valence-electron chi connectivity index (χ0n) is 25.7. The van der Waals surface area contributed by atoms with Crippen LogP contribution < -0.4 is 69.3 Å². The predicted molar refractivity (Wildman–Crippen MR) is 146 cm³/mol. The molecule has 15 heteroatoms. The Labute approximate surface area is 309 Å². The molecule has 10 nitrogen and oxygen atoms in total. The molecule has 0 N–H and O–H groups in total. The van der Waals surface area contributed by atoms with E-state index in [0.717, 1.165) is 37.1 Å².